The number of fused-ring (bicyclic) bond motifs is 1. The molecule has 2 unspecified atom stereocenters. The number of amides is 2. The normalized spacial score (nSPS) is 19.8. The second kappa shape index (κ2) is 12.7. The number of unbranched alkanes of at least 4 members (excludes halogenated alkanes) is 1. The number of ether oxygens (including phenoxy) is 2. The summed E-state index contributed by atoms with van der Waals surface area (Å²) >= 11 is 0. The van der Waals surface area contributed by atoms with Crippen molar-refractivity contribution in [3.8, 4) is 5.75 Å². The second-order valence-corrected chi connectivity index (χ2v) is 11.3. The van der Waals surface area contributed by atoms with Gasteiger partial charge in [0.15, 0.2) is 0 Å². The molecular formula is C35H38N2O5. The fraction of sp³-hybridized carbons (Fsp3) is 0.314. The fourth-order valence-electron chi connectivity index (χ4n) is 5.91. The van der Waals surface area contributed by atoms with Gasteiger partial charge in [0.1, 0.15) is 24.2 Å². The van der Waals surface area contributed by atoms with E-state index in [0.717, 1.165) is 35.1 Å². The van der Waals surface area contributed by atoms with Crippen molar-refractivity contribution in [2.45, 2.75) is 65.5 Å². The summed E-state index contributed by atoms with van der Waals surface area (Å²) in [5.41, 5.74) is 9.52. The molecule has 2 aliphatic rings. The lowest BCUT2D eigenvalue weighted by Crippen LogP contribution is -2.46. The van der Waals surface area contributed by atoms with Crippen LogP contribution in [-0.2, 0) is 45.4 Å². The van der Waals surface area contributed by atoms with Crippen LogP contribution in [0.3, 0.4) is 0 Å². The molecule has 1 aliphatic heterocycles. The van der Waals surface area contributed by atoms with E-state index >= 15 is 0 Å². The quantitative estimate of drug-likeness (QED) is 0.300. The van der Waals surface area contributed by atoms with Crippen LogP contribution in [0.1, 0.15) is 55.4 Å². The third-order valence-electron chi connectivity index (χ3n) is 8.17. The molecule has 0 aromatic heterocycles. The third kappa shape index (κ3) is 6.11. The number of hydrogen-bond donors (Lipinski definition) is 2. The molecule has 0 spiro atoms. The number of primary amides is 1. The molecule has 3 aromatic carbocycles. The van der Waals surface area contributed by atoms with E-state index < -0.39 is 17.4 Å². The van der Waals surface area contributed by atoms with Crippen molar-refractivity contribution in [2.75, 3.05) is 0 Å². The minimum Gasteiger partial charge on any atom is -0.508 e. The minimum absolute atomic E-state index is 0.160. The number of benzene rings is 3. The van der Waals surface area contributed by atoms with Gasteiger partial charge in [0.05, 0.1) is 17.6 Å². The van der Waals surface area contributed by atoms with Gasteiger partial charge in [-0.25, -0.2) is 0 Å². The number of carbonyl (C=O) groups excluding carboxylic acids is 2. The molecular weight excluding hydrogens is 528 g/mol. The number of nitrogens with two attached hydrogens (primary N) is 1. The molecule has 0 radical (unpaired) electrons. The smallest absolute Gasteiger partial charge is 0.257 e. The Kier molecular flexibility index (Phi) is 8.78. The molecule has 42 heavy (non-hydrogen) atoms. The Morgan fingerprint density at radius 3 is 2.24 bits per heavy atom. The maximum absolute atomic E-state index is 14.3. The molecule has 3 N–H and O–H groups in total. The van der Waals surface area contributed by atoms with Crippen LogP contribution in [0.2, 0.25) is 0 Å². The Morgan fingerprint density at radius 1 is 0.952 bits per heavy atom. The summed E-state index contributed by atoms with van der Waals surface area (Å²) in [6, 6.07) is 24.7. The third-order valence-corrected chi connectivity index (χ3v) is 8.17. The van der Waals surface area contributed by atoms with Crippen LogP contribution in [0.5, 0.6) is 5.75 Å². The summed E-state index contributed by atoms with van der Waals surface area (Å²) in [7, 11) is 0. The van der Waals surface area contributed by atoms with Crippen molar-refractivity contribution in [1.29, 1.82) is 0 Å². The highest BCUT2D eigenvalue weighted by Gasteiger charge is 2.49. The highest BCUT2D eigenvalue weighted by atomic mass is 16.5. The van der Waals surface area contributed by atoms with Crippen LogP contribution in [-0.4, -0.2) is 27.9 Å². The Bertz CT molecular complexity index is 1500. The van der Waals surface area contributed by atoms with Crippen LogP contribution in [0.4, 0.5) is 0 Å². The number of nitrogens with zero attached hydrogens (tertiary/aromatic N) is 1. The number of carbonyl (C=O) groups is 2. The standard InChI is InChI=1S/C35H38N2O5/c1-3-4-17-35(2)31(41-22-24-11-7-5-8-12-24)29(33(36)39)19-30(32(35)42-23-25-13-9-6-10-14-25)34(40)37-20-26-15-16-28(38)18-27(26)21-37/h5-16,18-19,31,38H,3-4,17,20-23H2,1-2H3,(H2,36,39). The van der Waals surface area contributed by atoms with Crippen molar-refractivity contribution in [3.63, 3.8) is 0 Å². The van der Waals surface area contributed by atoms with Crippen molar-refractivity contribution in [1.82, 2.24) is 4.90 Å². The van der Waals surface area contributed by atoms with Gasteiger partial charge in [0.25, 0.3) is 5.91 Å². The van der Waals surface area contributed by atoms with Crippen LogP contribution in [0.15, 0.2) is 102 Å². The zero-order valence-electron chi connectivity index (χ0n) is 24.2. The van der Waals surface area contributed by atoms with Crippen LogP contribution in [0, 0.1) is 5.41 Å². The number of rotatable bonds is 11. The maximum Gasteiger partial charge on any atom is 0.257 e. The summed E-state index contributed by atoms with van der Waals surface area (Å²) in [6.45, 7) is 5.39. The summed E-state index contributed by atoms with van der Waals surface area (Å²) < 4.78 is 13.1. The lowest BCUT2D eigenvalue weighted by atomic mass is 9.69. The molecule has 218 valence electrons. The van der Waals surface area contributed by atoms with Crippen molar-refractivity contribution >= 4 is 11.8 Å². The maximum atomic E-state index is 14.3. The van der Waals surface area contributed by atoms with Crippen LogP contribution in [0.25, 0.3) is 0 Å². The van der Waals surface area contributed by atoms with E-state index in [1.807, 2.05) is 73.7 Å². The monoisotopic (exact) mass is 566 g/mol. The van der Waals surface area contributed by atoms with Crippen molar-refractivity contribution in [2.24, 2.45) is 11.1 Å². The zero-order chi connectivity index (χ0) is 29.7. The first-order valence-electron chi connectivity index (χ1n) is 14.5. The average molecular weight is 567 g/mol. The minimum atomic E-state index is -0.839. The zero-order valence-corrected chi connectivity index (χ0v) is 24.2. The number of aromatic hydroxyl groups is 1. The van der Waals surface area contributed by atoms with Gasteiger partial charge in [-0.05, 0) is 53.8 Å². The Hall–Kier alpha value is -4.36. The molecule has 0 saturated heterocycles. The molecule has 7 nitrogen and oxygen atoms in total. The van der Waals surface area contributed by atoms with Gasteiger partial charge in [-0.3, -0.25) is 9.59 Å². The predicted octanol–water partition coefficient (Wildman–Crippen LogP) is 5.91. The summed E-state index contributed by atoms with van der Waals surface area (Å²) in [6.07, 6.45) is 3.24. The van der Waals surface area contributed by atoms with Gasteiger partial charge in [0.2, 0.25) is 5.91 Å². The Labute approximate surface area is 247 Å². The summed E-state index contributed by atoms with van der Waals surface area (Å²) in [4.78, 5) is 29.0. The lowest BCUT2D eigenvalue weighted by molar-refractivity contribution is -0.128. The van der Waals surface area contributed by atoms with Gasteiger partial charge in [-0.15, -0.1) is 0 Å². The molecule has 0 bridgehead atoms. The molecule has 3 aromatic rings. The molecule has 1 aliphatic carbocycles. The van der Waals surface area contributed by atoms with Gasteiger partial charge in [-0.1, -0.05) is 86.5 Å². The average Bonchev–Trinajstić information content (AvgIpc) is 3.42. The van der Waals surface area contributed by atoms with E-state index in [-0.39, 0.29) is 30.4 Å². The predicted molar refractivity (Wildman–Crippen MR) is 161 cm³/mol. The molecule has 2 amide bonds. The van der Waals surface area contributed by atoms with E-state index in [4.69, 9.17) is 15.2 Å². The first-order chi connectivity index (χ1) is 20.3. The topological polar surface area (TPSA) is 102 Å². The highest BCUT2D eigenvalue weighted by Crippen LogP contribution is 2.48. The van der Waals surface area contributed by atoms with E-state index in [1.165, 1.54) is 0 Å². The number of hydrogen-bond acceptors (Lipinski definition) is 5. The van der Waals surface area contributed by atoms with Gasteiger partial charge in [0, 0.05) is 18.7 Å². The largest absolute Gasteiger partial charge is 0.508 e. The first kappa shape index (κ1) is 29.1. The number of phenolic OH excluding ortho intramolecular Hbond substituents is 1. The van der Waals surface area contributed by atoms with Crippen LogP contribution >= 0.6 is 0 Å². The van der Waals surface area contributed by atoms with Crippen LogP contribution < -0.4 is 5.73 Å². The Balaban J connectivity index is 1.57. The Morgan fingerprint density at radius 2 is 1.60 bits per heavy atom. The van der Waals surface area contributed by atoms with E-state index in [1.54, 1.807) is 23.1 Å². The molecule has 2 atom stereocenters. The SMILES string of the molecule is CCCCC1(C)C(OCc2ccccc2)=C(C(=O)N2Cc3ccc(O)cc3C2)C=C(C(N)=O)C1OCc1ccccc1. The van der Waals surface area contributed by atoms with Gasteiger partial charge >= 0.3 is 0 Å². The molecule has 5 rings (SSSR count). The van der Waals surface area contributed by atoms with Crippen molar-refractivity contribution in [3.05, 3.63) is 124 Å². The summed E-state index contributed by atoms with van der Waals surface area (Å²) in [5.74, 6) is -0.213. The lowest BCUT2D eigenvalue weighted by Gasteiger charge is -2.43. The molecule has 0 fully saturated rings. The summed E-state index contributed by atoms with van der Waals surface area (Å²) in [5, 5.41) is 9.99. The fourth-order valence-corrected chi connectivity index (χ4v) is 5.91. The molecule has 1 heterocycles. The second-order valence-electron chi connectivity index (χ2n) is 11.3. The van der Waals surface area contributed by atoms with E-state index in [2.05, 4.69) is 6.92 Å². The first-order valence-corrected chi connectivity index (χ1v) is 14.5. The number of phenols is 1. The highest BCUT2D eigenvalue weighted by molar-refractivity contribution is 6.02. The van der Waals surface area contributed by atoms with E-state index in [0.29, 0.717) is 30.8 Å². The van der Waals surface area contributed by atoms with Gasteiger partial charge < -0.3 is 25.2 Å². The van der Waals surface area contributed by atoms with E-state index in [9.17, 15) is 14.7 Å². The van der Waals surface area contributed by atoms with Crippen molar-refractivity contribution < 1.29 is 24.2 Å². The molecule has 7 heteroatoms. The molecule has 0 saturated carbocycles. The van der Waals surface area contributed by atoms with Gasteiger partial charge in [-0.2, -0.15) is 0 Å².